The highest BCUT2D eigenvalue weighted by Gasteiger charge is 2.33. The summed E-state index contributed by atoms with van der Waals surface area (Å²) in [6.07, 6.45) is -2.51. The van der Waals surface area contributed by atoms with E-state index in [-0.39, 0.29) is 16.7 Å². The maximum absolute atomic E-state index is 12.6. The van der Waals surface area contributed by atoms with Crippen LogP contribution < -0.4 is 15.2 Å². The van der Waals surface area contributed by atoms with Crippen molar-refractivity contribution in [2.24, 2.45) is 0 Å². The number of hydrogen-bond acceptors (Lipinski definition) is 6. The number of halogens is 4. The van der Waals surface area contributed by atoms with Gasteiger partial charge in [0.05, 0.1) is 6.20 Å². The first-order chi connectivity index (χ1) is 12.3. The van der Waals surface area contributed by atoms with Gasteiger partial charge >= 0.3 is 17.9 Å². The van der Waals surface area contributed by atoms with Crippen molar-refractivity contribution in [3.63, 3.8) is 0 Å². The molecular formula is C15H8ClF3N4O3. The molecule has 3 aromatic rings. The maximum atomic E-state index is 12.6. The van der Waals surface area contributed by atoms with Crippen molar-refractivity contribution in [2.75, 3.05) is 0 Å². The first kappa shape index (κ1) is 17.7. The Morgan fingerprint density at radius 3 is 2.31 bits per heavy atom. The lowest BCUT2D eigenvalue weighted by Gasteiger charge is -2.09. The van der Waals surface area contributed by atoms with Crippen molar-refractivity contribution in [3.8, 4) is 23.4 Å². The van der Waals surface area contributed by atoms with Gasteiger partial charge in [0.2, 0.25) is 5.88 Å². The molecule has 0 aliphatic heterocycles. The summed E-state index contributed by atoms with van der Waals surface area (Å²) < 4.78 is 48.5. The number of H-pyrrole nitrogens is 1. The molecule has 0 aliphatic rings. The first-order valence-electron chi connectivity index (χ1n) is 6.92. The lowest BCUT2D eigenvalue weighted by molar-refractivity contribution is -0.141. The number of ether oxygens (including phenoxy) is 2. The van der Waals surface area contributed by atoms with Crippen molar-refractivity contribution >= 4 is 11.6 Å². The SMILES string of the molecule is O=c1ncc(Cl)c(Oc2ccc(Oc3nccc(C(F)(F)F)n3)cc2)[nH]1. The smallest absolute Gasteiger partial charge is 0.433 e. The Morgan fingerprint density at radius 2 is 1.65 bits per heavy atom. The molecule has 2 aromatic heterocycles. The van der Waals surface area contributed by atoms with Gasteiger partial charge in [0.1, 0.15) is 16.5 Å². The van der Waals surface area contributed by atoms with Crippen LogP contribution in [0.3, 0.4) is 0 Å². The number of hydrogen-bond donors (Lipinski definition) is 1. The minimum Gasteiger partial charge on any atom is -0.439 e. The van der Waals surface area contributed by atoms with Crippen molar-refractivity contribution in [3.05, 3.63) is 63.9 Å². The van der Waals surface area contributed by atoms with E-state index >= 15 is 0 Å². The zero-order chi connectivity index (χ0) is 18.7. The van der Waals surface area contributed by atoms with E-state index < -0.39 is 23.6 Å². The summed E-state index contributed by atoms with van der Waals surface area (Å²) in [7, 11) is 0. The normalized spacial score (nSPS) is 11.2. The summed E-state index contributed by atoms with van der Waals surface area (Å²) in [5, 5.41) is 0.0993. The number of aromatic amines is 1. The standard InChI is InChI=1S/C15H8ClF3N4O3/c16-10-7-21-13(24)23-12(10)25-8-1-3-9(4-2-8)26-14-20-6-5-11(22-14)15(17,18)19/h1-7H,(H,21,23,24). The van der Waals surface area contributed by atoms with Crippen LogP contribution in [0.2, 0.25) is 5.02 Å². The molecule has 3 rings (SSSR count). The number of rotatable bonds is 4. The molecule has 1 N–H and O–H groups in total. The summed E-state index contributed by atoms with van der Waals surface area (Å²) in [5.41, 5.74) is -1.75. The van der Waals surface area contributed by atoms with Gasteiger partial charge in [-0.15, -0.1) is 0 Å². The van der Waals surface area contributed by atoms with E-state index in [1.54, 1.807) is 0 Å². The molecule has 0 fully saturated rings. The molecule has 0 aliphatic carbocycles. The van der Waals surface area contributed by atoms with Crippen LogP contribution >= 0.6 is 11.6 Å². The van der Waals surface area contributed by atoms with Crippen LogP contribution in [0, 0.1) is 0 Å². The Labute approximate surface area is 148 Å². The quantitative estimate of drug-likeness (QED) is 0.735. The number of nitrogens with zero attached hydrogens (tertiary/aromatic N) is 3. The third kappa shape index (κ3) is 4.28. The van der Waals surface area contributed by atoms with Crippen LogP contribution in [0.25, 0.3) is 0 Å². The van der Waals surface area contributed by atoms with Gasteiger partial charge in [-0.2, -0.15) is 23.1 Å². The topological polar surface area (TPSA) is 90.0 Å². The highest BCUT2D eigenvalue weighted by Crippen LogP contribution is 2.30. The molecule has 1 aromatic carbocycles. The molecule has 26 heavy (non-hydrogen) atoms. The van der Waals surface area contributed by atoms with E-state index in [0.29, 0.717) is 5.75 Å². The van der Waals surface area contributed by atoms with Crippen LogP contribution in [0.4, 0.5) is 13.2 Å². The van der Waals surface area contributed by atoms with Gasteiger partial charge in [-0.1, -0.05) is 11.6 Å². The molecule has 0 atom stereocenters. The molecule has 7 nitrogen and oxygen atoms in total. The van der Waals surface area contributed by atoms with Crippen LogP contribution in [0.1, 0.15) is 5.69 Å². The Hall–Kier alpha value is -3.14. The van der Waals surface area contributed by atoms with E-state index in [0.717, 1.165) is 18.5 Å². The van der Waals surface area contributed by atoms with Crippen LogP contribution in [-0.2, 0) is 6.18 Å². The van der Waals surface area contributed by atoms with Crippen molar-refractivity contribution in [2.45, 2.75) is 6.18 Å². The monoisotopic (exact) mass is 384 g/mol. The Bertz CT molecular complexity index is 977. The fourth-order valence-electron chi connectivity index (χ4n) is 1.78. The highest BCUT2D eigenvalue weighted by molar-refractivity contribution is 6.31. The van der Waals surface area contributed by atoms with Gasteiger partial charge in [0, 0.05) is 6.20 Å². The lowest BCUT2D eigenvalue weighted by atomic mass is 10.3. The average molecular weight is 385 g/mol. The van der Waals surface area contributed by atoms with Gasteiger partial charge in [-0.25, -0.2) is 9.78 Å². The number of aromatic nitrogens is 4. The predicted octanol–water partition coefficient (Wildman–Crippen LogP) is 3.82. The van der Waals surface area contributed by atoms with Gasteiger partial charge in [0.25, 0.3) is 0 Å². The predicted molar refractivity (Wildman–Crippen MR) is 83.5 cm³/mol. The van der Waals surface area contributed by atoms with E-state index in [1.165, 1.54) is 24.3 Å². The van der Waals surface area contributed by atoms with Crippen molar-refractivity contribution in [1.82, 2.24) is 19.9 Å². The van der Waals surface area contributed by atoms with Crippen molar-refractivity contribution in [1.29, 1.82) is 0 Å². The number of nitrogens with one attached hydrogen (secondary N) is 1. The lowest BCUT2D eigenvalue weighted by Crippen LogP contribution is -2.10. The first-order valence-corrected chi connectivity index (χ1v) is 7.30. The highest BCUT2D eigenvalue weighted by atomic mass is 35.5. The third-order valence-electron chi connectivity index (χ3n) is 2.91. The van der Waals surface area contributed by atoms with E-state index in [1.807, 2.05) is 0 Å². The second-order valence-corrected chi connectivity index (χ2v) is 5.17. The summed E-state index contributed by atoms with van der Waals surface area (Å²) >= 11 is 5.85. The van der Waals surface area contributed by atoms with E-state index in [9.17, 15) is 18.0 Å². The van der Waals surface area contributed by atoms with E-state index in [4.69, 9.17) is 21.1 Å². The molecule has 0 radical (unpaired) electrons. The molecule has 134 valence electrons. The molecule has 0 amide bonds. The summed E-state index contributed by atoms with van der Waals surface area (Å²) in [4.78, 5) is 23.8. The van der Waals surface area contributed by atoms with Crippen LogP contribution in [0.15, 0.2) is 47.5 Å². The molecule has 0 unspecified atom stereocenters. The second kappa shape index (κ2) is 7.00. The minimum atomic E-state index is -4.60. The Morgan fingerprint density at radius 1 is 1.00 bits per heavy atom. The largest absolute Gasteiger partial charge is 0.439 e. The zero-order valence-electron chi connectivity index (χ0n) is 12.6. The third-order valence-corrected chi connectivity index (χ3v) is 3.18. The second-order valence-electron chi connectivity index (χ2n) is 4.76. The maximum Gasteiger partial charge on any atom is 0.433 e. The molecule has 0 saturated heterocycles. The Balaban J connectivity index is 1.74. The number of alkyl halides is 3. The zero-order valence-corrected chi connectivity index (χ0v) is 13.4. The molecule has 0 bridgehead atoms. The fraction of sp³-hybridized carbons (Fsp3) is 0.0667. The summed E-state index contributed by atoms with van der Waals surface area (Å²) in [6.45, 7) is 0. The molecule has 0 saturated carbocycles. The summed E-state index contributed by atoms with van der Waals surface area (Å²) in [5.74, 6) is 0.485. The fourth-order valence-corrected chi connectivity index (χ4v) is 1.92. The molecule has 0 spiro atoms. The van der Waals surface area contributed by atoms with Crippen LogP contribution in [0.5, 0.6) is 23.4 Å². The summed E-state index contributed by atoms with van der Waals surface area (Å²) in [6, 6.07) is 6.05. The number of benzene rings is 1. The average Bonchev–Trinajstić information content (AvgIpc) is 2.59. The van der Waals surface area contributed by atoms with Gasteiger partial charge < -0.3 is 9.47 Å². The Kier molecular flexibility index (Phi) is 4.76. The minimum absolute atomic E-state index is 0.00143. The molecular weight excluding hydrogens is 377 g/mol. The molecule has 11 heteroatoms. The van der Waals surface area contributed by atoms with Gasteiger partial charge in [0.15, 0.2) is 5.69 Å². The molecule has 2 heterocycles. The van der Waals surface area contributed by atoms with Gasteiger partial charge in [-0.05, 0) is 30.3 Å². The van der Waals surface area contributed by atoms with Crippen molar-refractivity contribution < 1.29 is 22.6 Å². The van der Waals surface area contributed by atoms with Crippen LogP contribution in [-0.4, -0.2) is 19.9 Å². The van der Waals surface area contributed by atoms with E-state index in [2.05, 4.69) is 19.9 Å². The van der Waals surface area contributed by atoms with Gasteiger partial charge in [-0.3, -0.25) is 4.98 Å².